The van der Waals surface area contributed by atoms with Crippen molar-refractivity contribution >= 4 is 17.5 Å². The standard InChI is InChI=1S/C15H17ClN4O/c1-11-8-17-6-7-19(11)15(21)12-9-18-20(10-12)14-4-2-13(16)3-5-14/h2-5,9-11,17H,6-8H2,1H3. The number of benzene rings is 1. The fourth-order valence-electron chi connectivity index (χ4n) is 2.48. The van der Waals surface area contributed by atoms with E-state index in [9.17, 15) is 4.79 Å². The average molecular weight is 305 g/mol. The minimum Gasteiger partial charge on any atom is -0.333 e. The molecule has 1 atom stereocenters. The van der Waals surface area contributed by atoms with Crippen LogP contribution in [0.25, 0.3) is 5.69 Å². The molecule has 2 aromatic rings. The highest BCUT2D eigenvalue weighted by molar-refractivity contribution is 6.30. The van der Waals surface area contributed by atoms with Gasteiger partial charge in [-0.1, -0.05) is 11.6 Å². The van der Waals surface area contributed by atoms with E-state index in [4.69, 9.17) is 11.6 Å². The third kappa shape index (κ3) is 2.94. The van der Waals surface area contributed by atoms with Gasteiger partial charge in [0, 0.05) is 36.9 Å². The van der Waals surface area contributed by atoms with E-state index in [0.717, 1.165) is 25.3 Å². The number of nitrogens with zero attached hydrogens (tertiary/aromatic N) is 3. The minimum absolute atomic E-state index is 0.0317. The normalized spacial score (nSPS) is 18.8. The molecule has 0 bridgehead atoms. The maximum absolute atomic E-state index is 12.5. The molecule has 1 amide bonds. The highest BCUT2D eigenvalue weighted by Crippen LogP contribution is 2.15. The molecule has 1 N–H and O–H groups in total. The fourth-order valence-corrected chi connectivity index (χ4v) is 2.60. The van der Waals surface area contributed by atoms with Gasteiger partial charge in [-0.05, 0) is 31.2 Å². The second-order valence-electron chi connectivity index (χ2n) is 5.20. The first-order valence-corrected chi connectivity index (χ1v) is 7.35. The summed E-state index contributed by atoms with van der Waals surface area (Å²) in [5.41, 5.74) is 1.49. The predicted molar refractivity (Wildman–Crippen MR) is 81.9 cm³/mol. The molecule has 3 rings (SSSR count). The third-order valence-electron chi connectivity index (χ3n) is 3.68. The van der Waals surface area contributed by atoms with Gasteiger partial charge in [0.05, 0.1) is 17.4 Å². The number of carbonyl (C=O) groups is 1. The van der Waals surface area contributed by atoms with Gasteiger partial charge in [-0.2, -0.15) is 5.10 Å². The Morgan fingerprint density at radius 3 is 2.86 bits per heavy atom. The molecule has 5 nitrogen and oxygen atoms in total. The molecule has 1 saturated heterocycles. The van der Waals surface area contributed by atoms with Gasteiger partial charge >= 0.3 is 0 Å². The van der Waals surface area contributed by atoms with E-state index >= 15 is 0 Å². The van der Waals surface area contributed by atoms with Gasteiger partial charge in [-0.25, -0.2) is 4.68 Å². The zero-order valence-corrected chi connectivity index (χ0v) is 12.5. The van der Waals surface area contributed by atoms with Crippen molar-refractivity contribution in [2.45, 2.75) is 13.0 Å². The van der Waals surface area contributed by atoms with Crippen molar-refractivity contribution in [1.29, 1.82) is 0 Å². The van der Waals surface area contributed by atoms with E-state index in [0.29, 0.717) is 10.6 Å². The molecular weight excluding hydrogens is 288 g/mol. The number of carbonyl (C=O) groups excluding carboxylic acids is 1. The van der Waals surface area contributed by atoms with E-state index in [-0.39, 0.29) is 11.9 Å². The summed E-state index contributed by atoms with van der Waals surface area (Å²) in [6.07, 6.45) is 3.38. The van der Waals surface area contributed by atoms with Gasteiger partial charge in [0.2, 0.25) is 0 Å². The SMILES string of the molecule is CC1CNCCN1C(=O)c1cnn(-c2ccc(Cl)cc2)c1. The smallest absolute Gasteiger partial charge is 0.257 e. The van der Waals surface area contributed by atoms with Crippen LogP contribution in [0.1, 0.15) is 17.3 Å². The number of hydrogen-bond donors (Lipinski definition) is 1. The Morgan fingerprint density at radius 2 is 2.14 bits per heavy atom. The number of nitrogens with one attached hydrogen (secondary N) is 1. The van der Waals surface area contributed by atoms with Crippen LogP contribution in [0, 0.1) is 0 Å². The Morgan fingerprint density at radius 1 is 1.38 bits per heavy atom. The van der Waals surface area contributed by atoms with Crippen molar-refractivity contribution < 1.29 is 4.79 Å². The molecule has 1 fully saturated rings. The van der Waals surface area contributed by atoms with Crippen LogP contribution in [0.5, 0.6) is 0 Å². The van der Waals surface area contributed by atoms with Gasteiger partial charge in [0.25, 0.3) is 5.91 Å². The van der Waals surface area contributed by atoms with Crippen LogP contribution in [0.15, 0.2) is 36.7 Å². The first kappa shape index (κ1) is 14.1. The fraction of sp³-hybridized carbons (Fsp3) is 0.333. The molecule has 21 heavy (non-hydrogen) atoms. The second kappa shape index (κ2) is 5.87. The first-order valence-electron chi connectivity index (χ1n) is 6.97. The summed E-state index contributed by atoms with van der Waals surface area (Å²) in [6.45, 7) is 4.44. The maximum Gasteiger partial charge on any atom is 0.257 e. The average Bonchev–Trinajstić information content (AvgIpc) is 2.98. The Hall–Kier alpha value is -1.85. The molecule has 110 valence electrons. The lowest BCUT2D eigenvalue weighted by Crippen LogP contribution is -2.52. The molecule has 1 aliphatic rings. The summed E-state index contributed by atoms with van der Waals surface area (Å²) in [5.74, 6) is 0.0317. The highest BCUT2D eigenvalue weighted by Gasteiger charge is 2.24. The molecule has 6 heteroatoms. The predicted octanol–water partition coefficient (Wildman–Crippen LogP) is 1.96. The lowest BCUT2D eigenvalue weighted by atomic mass is 10.2. The number of rotatable bonds is 2. The molecule has 1 aromatic carbocycles. The van der Waals surface area contributed by atoms with Crippen LogP contribution >= 0.6 is 11.6 Å². The van der Waals surface area contributed by atoms with Gasteiger partial charge in [0.1, 0.15) is 0 Å². The van der Waals surface area contributed by atoms with Crippen molar-refractivity contribution in [1.82, 2.24) is 20.0 Å². The summed E-state index contributed by atoms with van der Waals surface area (Å²) in [4.78, 5) is 14.4. The molecule has 0 saturated carbocycles. The topological polar surface area (TPSA) is 50.2 Å². The first-order chi connectivity index (χ1) is 10.1. The molecule has 1 aliphatic heterocycles. The van der Waals surface area contributed by atoms with Crippen LogP contribution in [-0.4, -0.2) is 46.3 Å². The van der Waals surface area contributed by atoms with Crippen molar-refractivity contribution in [2.24, 2.45) is 0 Å². The number of halogens is 1. The third-order valence-corrected chi connectivity index (χ3v) is 3.93. The van der Waals surface area contributed by atoms with E-state index in [2.05, 4.69) is 10.4 Å². The largest absolute Gasteiger partial charge is 0.333 e. The Labute approximate surface area is 128 Å². The summed E-state index contributed by atoms with van der Waals surface area (Å²) >= 11 is 5.88. The number of hydrogen-bond acceptors (Lipinski definition) is 3. The van der Waals surface area contributed by atoms with E-state index < -0.39 is 0 Å². The zero-order chi connectivity index (χ0) is 14.8. The summed E-state index contributed by atoms with van der Waals surface area (Å²) in [5, 5.41) is 8.23. The minimum atomic E-state index is 0.0317. The maximum atomic E-state index is 12.5. The Balaban J connectivity index is 1.81. The molecule has 0 spiro atoms. The Bertz CT molecular complexity index is 637. The van der Waals surface area contributed by atoms with Crippen molar-refractivity contribution in [3.63, 3.8) is 0 Å². The number of aromatic nitrogens is 2. The van der Waals surface area contributed by atoms with E-state index in [1.807, 2.05) is 24.0 Å². The molecule has 1 aromatic heterocycles. The summed E-state index contributed by atoms with van der Waals surface area (Å²) in [7, 11) is 0. The van der Waals surface area contributed by atoms with Crippen LogP contribution in [0.4, 0.5) is 0 Å². The lowest BCUT2D eigenvalue weighted by Gasteiger charge is -2.33. The van der Waals surface area contributed by atoms with Crippen LogP contribution in [-0.2, 0) is 0 Å². The summed E-state index contributed by atoms with van der Waals surface area (Å²) in [6, 6.07) is 7.55. The van der Waals surface area contributed by atoms with Crippen LogP contribution in [0.3, 0.4) is 0 Å². The van der Waals surface area contributed by atoms with Crippen molar-refractivity contribution in [2.75, 3.05) is 19.6 Å². The molecule has 1 unspecified atom stereocenters. The Kier molecular flexibility index (Phi) is 3.94. The molecule has 0 aliphatic carbocycles. The molecule has 2 heterocycles. The quantitative estimate of drug-likeness (QED) is 0.923. The van der Waals surface area contributed by atoms with E-state index in [1.165, 1.54) is 0 Å². The van der Waals surface area contributed by atoms with Gasteiger partial charge in [-0.3, -0.25) is 4.79 Å². The molecular formula is C15H17ClN4O. The van der Waals surface area contributed by atoms with Crippen LogP contribution < -0.4 is 5.32 Å². The van der Waals surface area contributed by atoms with Crippen molar-refractivity contribution in [3.8, 4) is 5.69 Å². The lowest BCUT2D eigenvalue weighted by molar-refractivity contribution is 0.0656. The number of piperazine rings is 1. The van der Waals surface area contributed by atoms with Crippen molar-refractivity contribution in [3.05, 3.63) is 47.2 Å². The summed E-state index contributed by atoms with van der Waals surface area (Å²) < 4.78 is 1.69. The van der Waals surface area contributed by atoms with Gasteiger partial charge in [-0.15, -0.1) is 0 Å². The van der Waals surface area contributed by atoms with Crippen LogP contribution in [0.2, 0.25) is 5.02 Å². The second-order valence-corrected chi connectivity index (χ2v) is 5.64. The van der Waals surface area contributed by atoms with Gasteiger partial charge in [0.15, 0.2) is 0 Å². The number of amides is 1. The monoisotopic (exact) mass is 304 g/mol. The van der Waals surface area contributed by atoms with E-state index in [1.54, 1.807) is 29.2 Å². The zero-order valence-electron chi connectivity index (χ0n) is 11.8. The highest BCUT2D eigenvalue weighted by atomic mass is 35.5. The van der Waals surface area contributed by atoms with Gasteiger partial charge < -0.3 is 10.2 Å². The molecule has 0 radical (unpaired) electrons.